The lowest BCUT2D eigenvalue weighted by molar-refractivity contribution is 0.211. The molecule has 0 bridgehead atoms. The number of ether oxygens (including phenoxy) is 1. The molecule has 0 amide bonds. The van der Waals surface area contributed by atoms with Gasteiger partial charge in [0.15, 0.2) is 6.10 Å². The Morgan fingerprint density at radius 3 is 3.18 bits per heavy atom. The van der Waals surface area contributed by atoms with Gasteiger partial charge in [-0.3, -0.25) is 0 Å². The van der Waals surface area contributed by atoms with Crippen molar-refractivity contribution in [2.75, 3.05) is 5.75 Å². The second kappa shape index (κ2) is 4.43. The van der Waals surface area contributed by atoms with Crippen LogP contribution in [0, 0.1) is 0 Å². The van der Waals surface area contributed by atoms with Crippen LogP contribution in [0.25, 0.3) is 0 Å². The van der Waals surface area contributed by atoms with Crippen molar-refractivity contribution in [3.63, 3.8) is 0 Å². The fraction of sp³-hybridized carbons (Fsp3) is 0.250. The first-order valence-corrected chi connectivity index (χ1v) is 6.47. The van der Waals surface area contributed by atoms with Crippen LogP contribution in [0.1, 0.15) is 17.6 Å². The molecule has 0 saturated heterocycles. The van der Waals surface area contributed by atoms with Crippen LogP contribution in [0.3, 0.4) is 0 Å². The Kier molecular flexibility index (Phi) is 2.78. The minimum atomic E-state index is -0.0183. The average molecular weight is 247 g/mol. The molecule has 1 aliphatic heterocycles. The van der Waals surface area contributed by atoms with Crippen LogP contribution >= 0.6 is 11.8 Å². The lowest BCUT2D eigenvalue weighted by Crippen LogP contribution is -2.16. The number of H-pyrrole nitrogens is 1. The molecule has 1 unspecified atom stereocenters. The largest absolute Gasteiger partial charge is 0.480 e. The number of nitrogens with one attached hydrogen (secondary N) is 1. The highest BCUT2D eigenvalue weighted by atomic mass is 32.2. The third-order valence-electron chi connectivity index (χ3n) is 2.68. The summed E-state index contributed by atoms with van der Waals surface area (Å²) in [5.41, 5.74) is 6.49. The van der Waals surface area contributed by atoms with Crippen LogP contribution in [0.2, 0.25) is 0 Å². The SMILES string of the molecule is NCc1cnc(C2CSc3ccccc3O2)[nH]1. The summed E-state index contributed by atoms with van der Waals surface area (Å²) in [6.07, 6.45) is 1.75. The first-order valence-electron chi connectivity index (χ1n) is 5.49. The smallest absolute Gasteiger partial charge is 0.165 e. The molecule has 1 atom stereocenters. The van der Waals surface area contributed by atoms with Gasteiger partial charge in [0.25, 0.3) is 0 Å². The molecule has 1 aliphatic rings. The molecule has 0 fully saturated rings. The van der Waals surface area contributed by atoms with Gasteiger partial charge in [-0.2, -0.15) is 0 Å². The Morgan fingerprint density at radius 2 is 2.35 bits per heavy atom. The van der Waals surface area contributed by atoms with Gasteiger partial charge in [0, 0.05) is 29.1 Å². The molecule has 3 rings (SSSR count). The summed E-state index contributed by atoms with van der Waals surface area (Å²) in [5, 5.41) is 0. The van der Waals surface area contributed by atoms with Gasteiger partial charge in [0.1, 0.15) is 11.6 Å². The summed E-state index contributed by atoms with van der Waals surface area (Å²) in [6.45, 7) is 0.476. The highest BCUT2D eigenvalue weighted by Crippen LogP contribution is 2.39. The quantitative estimate of drug-likeness (QED) is 0.853. The fourth-order valence-corrected chi connectivity index (χ4v) is 2.79. The van der Waals surface area contributed by atoms with Crippen LogP contribution in [0.5, 0.6) is 5.75 Å². The maximum atomic E-state index is 5.92. The zero-order chi connectivity index (χ0) is 11.7. The summed E-state index contributed by atoms with van der Waals surface area (Å²) in [6, 6.07) is 8.06. The second-order valence-electron chi connectivity index (χ2n) is 3.86. The molecule has 1 aromatic heterocycles. The molecule has 0 spiro atoms. The van der Waals surface area contributed by atoms with Crippen molar-refractivity contribution in [2.24, 2.45) is 5.73 Å². The van der Waals surface area contributed by atoms with Crippen LogP contribution < -0.4 is 10.5 Å². The van der Waals surface area contributed by atoms with E-state index in [0.29, 0.717) is 6.54 Å². The first kappa shape index (κ1) is 10.7. The van der Waals surface area contributed by atoms with E-state index in [0.717, 1.165) is 23.0 Å². The van der Waals surface area contributed by atoms with Gasteiger partial charge >= 0.3 is 0 Å². The number of imidazole rings is 1. The van der Waals surface area contributed by atoms with Crippen LogP contribution in [-0.4, -0.2) is 15.7 Å². The molecular formula is C12H13N3OS. The Bertz CT molecular complexity index is 526. The number of thioether (sulfide) groups is 1. The molecule has 1 aromatic carbocycles. The summed E-state index contributed by atoms with van der Waals surface area (Å²) in [4.78, 5) is 8.69. The van der Waals surface area contributed by atoms with Crippen molar-refractivity contribution >= 4 is 11.8 Å². The van der Waals surface area contributed by atoms with Crippen LogP contribution in [0.15, 0.2) is 35.4 Å². The van der Waals surface area contributed by atoms with E-state index < -0.39 is 0 Å². The Morgan fingerprint density at radius 1 is 1.47 bits per heavy atom. The molecule has 3 N–H and O–H groups in total. The number of para-hydroxylation sites is 1. The van der Waals surface area contributed by atoms with E-state index >= 15 is 0 Å². The van der Waals surface area contributed by atoms with Crippen molar-refractivity contribution in [1.82, 2.24) is 9.97 Å². The zero-order valence-corrected chi connectivity index (χ0v) is 10.0. The van der Waals surface area contributed by atoms with E-state index in [9.17, 15) is 0 Å². The summed E-state index contributed by atoms with van der Waals surface area (Å²) in [7, 11) is 0. The standard InChI is InChI=1S/C12H13N3OS/c13-5-8-6-14-12(15-8)10-7-17-11-4-2-1-3-9(11)16-10/h1-4,6,10H,5,7,13H2,(H,14,15). The normalized spacial score (nSPS) is 18.5. The zero-order valence-electron chi connectivity index (χ0n) is 9.22. The molecule has 0 aliphatic carbocycles. The molecule has 2 heterocycles. The van der Waals surface area contributed by atoms with Gasteiger partial charge in [0.2, 0.25) is 0 Å². The Labute approximate surface area is 104 Å². The number of aromatic amines is 1. The second-order valence-corrected chi connectivity index (χ2v) is 4.92. The highest BCUT2D eigenvalue weighted by molar-refractivity contribution is 7.99. The Hall–Kier alpha value is -1.46. The van der Waals surface area contributed by atoms with Crippen LogP contribution in [0.4, 0.5) is 0 Å². The molecule has 4 nitrogen and oxygen atoms in total. The lowest BCUT2D eigenvalue weighted by Gasteiger charge is -2.23. The van der Waals surface area contributed by atoms with E-state index in [1.807, 2.05) is 18.2 Å². The number of nitrogens with zero attached hydrogens (tertiary/aromatic N) is 1. The third kappa shape index (κ3) is 2.03. The number of hydrogen-bond acceptors (Lipinski definition) is 4. The number of fused-ring (bicyclic) bond motifs is 1. The van der Waals surface area contributed by atoms with Gasteiger partial charge in [-0.15, -0.1) is 11.8 Å². The minimum absolute atomic E-state index is 0.0183. The minimum Gasteiger partial charge on any atom is -0.480 e. The number of rotatable bonds is 2. The van der Waals surface area contributed by atoms with Gasteiger partial charge < -0.3 is 15.5 Å². The maximum absolute atomic E-state index is 5.92. The van der Waals surface area contributed by atoms with Crippen molar-refractivity contribution in [3.05, 3.63) is 42.0 Å². The number of nitrogens with two attached hydrogens (primary N) is 1. The maximum Gasteiger partial charge on any atom is 0.165 e. The summed E-state index contributed by atoms with van der Waals surface area (Å²) in [5.74, 6) is 2.65. The van der Waals surface area contributed by atoms with Crippen molar-refractivity contribution < 1.29 is 4.74 Å². The van der Waals surface area contributed by atoms with Crippen molar-refractivity contribution in [2.45, 2.75) is 17.5 Å². The van der Waals surface area contributed by atoms with Crippen molar-refractivity contribution in [3.8, 4) is 5.75 Å². The number of hydrogen-bond donors (Lipinski definition) is 2. The first-order chi connectivity index (χ1) is 8.36. The lowest BCUT2D eigenvalue weighted by atomic mass is 10.3. The highest BCUT2D eigenvalue weighted by Gasteiger charge is 2.23. The summed E-state index contributed by atoms with van der Waals surface area (Å²) < 4.78 is 5.92. The molecule has 0 saturated carbocycles. The number of benzene rings is 1. The van der Waals surface area contributed by atoms with E-state index in [1.165, 1.54) is 4.90 Å². The Balaban J connectivity index is 1.84. The molecule has 17 heavy (non-hydrogen) atoms. The van der Waals surface area contributed by atoms with Crippen molar-refractivity contribution in [1.29, 1.82) is 0 Å². The van der Waals surface area contributed by atoms with Gasteiger partial charge in [-0.05, 0) is 12.1 Å². The van der Waals surface area contributed by atoms with E-state index in [2.05, 4.69) is 16.0 Å². The molecule has 88 valence electrons. The topological polar surface area (TPSA) is 63.9 Å². The third-order valence-corrected chi connectivity index (χ3v) is 3.80. The van der Waals surface area contributed by atoms with E-state index in [-0.39, 0.29) is 6.10 Å². The van der Waals surface area contributed by atoms with Gasteiger partial charge in [0.05, 0.1) is 0 Å². The molecular weight excluding hydrogens is 234 g/mol. The van der Waals surface area contributed by atoms with Gasteiger partial charge in [-0.1, -0.05) is 12.1 Å². The molecule has 2 aromatic rings. The predicted octanol–water partition coefficient (Wildman–Crippen LogP) is 2.09. The molecule has 5 heteroatoms. The van der Waals surface area contributed by atoms with Gasteiger partial charge in [-0.25, -0.2) is 4.98 Å². The monoisotopic (exact) mass is 247 g/mol. The number of aromatic nitrogens is 2. The average Bonchev–Trinajstić information content (AvgIpc) is 2.87. The molecule has 0 radical (unpaired) electrons. The van der Waals surface area contributed by atoms with E-state index in [4.69, 9.17) is 10.5 Å². The fourth-order valence-electron chi connectivity index (χ4n) is 1.80. The van der Waals surface area contributed by atoms with Crippen LogP contribution in [-0.2, 0) is 6.54 Å². The summed E-state index contributed by atoms with van der Waals surface area (Å²) >= 11 is 1.79. The predicted molar refractivity (Wildman–Crippen MR) is 67.0 cm³/mol. The van der Waals surface area contributed by atoms with E-state index in [1.54, 1.807) is 18.0 Å².